The molecular formula is C16H13N3O2S. The van der Waals surface area contributed by atoms with E-state index in [-0.39, 0.29) is 18.2 Å². The van der Waals surface area contributed by atoms with Crippen LogP contribution in [0.15, 0.2) is 18.2 Å². The van der Waals surface area contributed by atoms with E-state index in [1.807, 2.05) is 13.8 Å². The maximum Gasteiger partial charge on any atom is 0.256 e. The normalized spacial score (nSPS) is 12.5. The Kier molecular flexibility index (Phi) is 3.43. The highest BCUT2D eigenvalue weighted by Crippen LogP contribution is 2.32. The van der Waals surface area contributed by atoms with Crippen molar-refractivity contribution in [3.63, 3.8) is 0 Å². The zero-order valence-corrected chi connectivity index (χ0v) is 12.9. The summed E-state index contributed by atoms with van der Waals surface area (Å²) in [6, 6.07) is 7.23. The van der Waals surface area contributed by atoms with Gasteiger partial charge in [-0.15, -0.1) is 11.3 Å². The Labute approximate surface area is 131 Å². The molecule has 0 spiro atoms. The van der Waals surface area contributed by atoms with Gasteiger partial charge in [-0.3, -0.25) is 9.59 Å². The number of carbonyl (C=O) groups is 2. The Morgan fingerprint density at radius 1 is 1.41 bits per heavy atom. The van der Waals surface area contributed by atoms with Crippen molar-refractivity contribution in [2.75, 3.05) is 10.6 Å². The molecular weight excluding hydrogens is 298 g/mol. The Morgan fingerprint density at radius 3 is 2.91 bits per heavy atom. The lowest BCUT2D eigenvalue weighted by Gasteiger charge is -2.05. The highest BCUT2D eigenvalue weighted by molar-refractivity contribution is 7.16. The first-order valence-electron chi connectivity index (χ1n) is 6.74. The summed E-state index contributed by atoms with van der Waals surface area (Å²) in [5, 5.41) is 15.3. The van der Waals surface area contributed by atoms with Crippen molar-refractivity contribution < 1.29 is 9.59 Å². The highest BCUT2D eigenvalue weighted by atomic mass is 32.1. The van der Waals surface area contributed by atoms with Crippen LogP contribution in [0.2, 0.25) is 0 Å². The van der Waals surface area contributed by atoms with Crippen molar-refractivity contribution >= 4 is 33.8 Å². The summed E-state index contributed by atoms with van der Waals surface area (Å²) in [5.41, 5.74) is 3.45. The standard InChI is InChI=1S/C16H13N3O2S/c1-8-9(2)22-16(12(8)7-17)19-15(21)10-3-4-13-11(5-10)6-14(20)18-13/h3-5H,6H2,1-2H3,(H,18,20)(H,19,21). The van der Waals surface area contributed by atoms with Crippen molar-refractivity contribution in [2.45, 2.75) is 20.3 Å². The summed E-state index contributed by atoms with van der Waals surface area (Å²) >= 11 is 1.39. The van der Waals surface area contributed by atoms with Crippen LogP contribution in [-0.2, 0) is 11.2 Å². The monoisotopic (exact) mass is 311 g/mol. The second-order valence-electron chi connectivity index (χ2n) is 5.15. The van der Waals surface area contributed by atoms with Crippen LogP contribution < -0.4 is 10.6 Å². The third-order valence-corrected chi connectivity index (χ3v) is 4.84. The smallest absolute Gasteiger partial charge is 0.256 e. The molecule has 6 heteroatoms. The SMILES string of the molecule is Cc1sc(NC(=O)c2ccc3c(c2)CC(=O)N3)c(C#N)c1C. The second kappa shape index (κ2) is 5.28. The molecule has 0 unspecified atom stereocenters. The molecule has 0 bridgehead atoms. The number of fused-ring (bicyclic) bond motifs is 1. The molecule has 1 aliphatic rings. The molecule has 1 aromatic carbocycles. The fourth-order valence-electron chi connectivity index (χ4n) is 2.40. The van der Waals surface area contributed by atoms with Gasteiger partial charge >= 0.3 is 0 Å². The van der Waals surface area contributed by atoms with Gasteiger partial charge in [0.2, 0.25) is 5.91 Å². The maximum absolute atomic E-state index is 12.4. The van der Waals surface area contributed by atoms with Crippen LogP contribution >= 0.6 is 11.3 Å². The molecule has 3 rings (SSSR count). The van der Waals surface area contributed by atoms with Crippen molar-refractivity contribution in [2.24, 2.45) is 0 Å². The molecule has 22 heavy (non-hydrogen) atoms. The first-order valence-corrected chi connectivity index (χ1v) is 7.55. The predicted octanol–water partition coefficient (Wildman–Crippen LogP) is 2.98. The van der Waals surface area contributed by atoms with Crippen LogP contribution in [0.25, 0.3) is 0 Å². The van der Waals surface area contributed by atoms with E-state index in [1.54, 1.807) is 18.2 Å². The number of nitriles is 1. The Morgan fingerprint density at radius 2 is 2.18 bits per heavy atom. The number of carbonyl (C=O) groups excluding carboxylic acids is 2. The lowest BCUT2D eigenvalue weighted by atomic mass is 10.1. The second-order valence-corrected chi connectivity index (χ2v) is 6.37. The third kappa shape index (κ3) is 2.36. The summed E-state index contributed by atoms with van der Waals surface area (Å²) in [4.78, 5) is 24.7. The lowest BCUT2D eigenvalue weighted by molar-refractivity contribution is -0.115. The van der Waals surface area contributed by atoms with E-state index >= 15 is 0 Å². The van der Waals surface area contributed by atoms with E-state index in [4.69, 9.17) is 0 Å². The molecule has 5 nitrogen and oxygen atoms in total. The average molecular weight is 311 g/mol. The largest absolute Gasteiger partial charge is 0.326 e. The number of amides is 2. The van der Waals surface area contributed by atoms with Gasteiger partial charge in [0.05, 0.1) is 12.0 Å². The van der Waals surface area contributed by atoms with Crippen molar-refractivity contribution in [1.29, 1.82) is 5.26 Å². The number of anilines is 2. The van der Waals surface area contributed by atoms with Crippen LogP contribution in [0, 0.1) is 25.2 Å². The number of nitrogens with one attached hydrogen (secondary N) is 2. The van der Waals surface area contributed by atoms with E-state index in [1.165, 1.54) is 11.3 Å². The van der Waals surface area contributed by atoms with Crippen molar-refractivity contribution in [3.05, 3.63) is 45.3 Å². The molecule has 2 N–H and O–H groups in total. The number of rotatable bonds is 2. The molecule has 0 radical (unpaired) electrons. The summed E-state index contributed by atoms with van der Waals surface area (Å²) < 4.78 is 0. The minimum atomic E-state index is -0.278. The van der Waals surface area contributed by atoms with Crippen LogP contribution in [0.3, 0.4) is 0 Å². The molecule has 0 aliphatic carbocycles. The van der Waals surface area contributed by atoms with Crippen molar-refractivity contribution in [1.82, 2.24) is 0 Å². The van der Waals surface area contributed by atoms with E-state index < -0.39 is 0 Å². The van der Waals surface area contributed by atoms with E-state index in [0.29, 0.717) is 16.1 Å². The van der Waals surface area contributed by atoms with Gasteiger partial charge < -0.3 is 10.6 Å². The minimum Gasteiger partial charge on any atom is -0.326 e. The number of nitrogens with zero attached hydrogens (tertiary/aromatic N) is 1. The highest BCUT2D eigenvalue weighted by Gasteiger charge is 2.20. The van der Waals surface area contributed by atoms with Gasteiger partial charge in [0, 0.05) is 16.1 Å². The quantitative estimate of drug-likeness (QED) is 0.894. The van der Waals surface area contributed by atoms with Gasteiger partial charge in [0.1, 0.15) is 11.1 Å². The molecule has 2 aromatic rings. The Hall–Kier alpha value is -2.65. The summed E-state index contributed by atoms with van der Waals surface area (Å²) in [7, 11) is 0. The number of hydrogen-bond acceptors (Lipinski definition) is 4. The summed E-state index contributed by atoms with van der Waals surface area (Å²) in [6.07, 6.45) is 0.289. The molecule has 2 amide bonds. The zero-order valence-electron chi connectivity index (χ0n) is 12.1. The Balaban J connectivity index is 1.87. The molecule has 1 aliphatic heterocycles. The third-order valence-electron chi connectivity index (χ3n) is 3.72. The molecule has 0 fully saturated rings. The van der Waals surface area contributed by atoms with Gasteiger partial charge in [-0.05, 0) is 43.2 Å². The van der Waals surface area contributed by atoms with Gasteiger partial charge in [-0.2, -0.15) is 5.26 Å². The average Bonchev–Trinajstić information content (AvgIpc) is 2.97. The summed E-state index contributed by atoms with van der Waals surface area (Å²) in [6.45, 7) is 3.79. The van der Waals surface area contributed by atoms with E-state index in [2.05, 4.69) is 16.7 Å². The fraction of sp³-hybridized carbons (Fsp3) is 0.188. The first-order chi connectivity index (χ1) is 10.5. The minimum absolute atomic E-state index is 0.0659. The number of thiophene rings is 1. The van der Waals surface area contributed by atoms with Crippen molar-refractivity contribution in [3.8, 4) is 6.07 Å². The van der Waals surface area contributed by atoms with Crippen LogP contribution in [-0.4, -0.2) is 11.8 Å². The van der Waals surface area contributed by atoms with E-state index in [0.717, 1.165) is 21.7 Å². The summed E-state index contributed by atoms with van der Waals surface area (Å²) in [5.74, 6) is -0.344. The first kappa shape index (κ1) is 14.3. The zero-order chi connectivity index (χ0) is 15.9. The molecule has 0 saturated heterocycles. The Bertz CT molecular complexity index is 846. The maximum atomic E-state index is 12.4. The molecule has 0 atom stereocenters. The van der Waals surface area contributed by atoms with Crippen LogP contribution in [0.5, 0.6) is 0 Å². The predicted molar refractivity (Wildman–Crippen MR) is 85.2 cm³/mol. The fourth-order valence-corrected chi connectivity index (χ4v) is 3.40. The van der Waals surface area contributed by atoms with Crippen LogP contribution in [0.4, 0.5) is 10.7 Å². The molecule has 1 aromatic heterocycles. The molecule has 0 saturated carbocycles. The van der Waals surface area contributed by atoms with E-state index in [9.17, 15) is 14.9 Å². The molecule has 2 heterocycles. The number of hydrogen-bond donors (Lipinski definition) is 2. The van der Waals surface area contributed by atoms with Gasteiger partial charge in [0.15, 0.2) is 0 Å². The number of aryl methyl sites for hydroxylation is 1. The van der Waals surface area contributed by atoms with Gasteiger partial charge in [0.25, 0.3) is 5.91 Å². The van der Waals surface area contributed by atoms with Crippen LogP contribution in [0.1, 0.15) is 31.9 Å². The lowest BCUT2D eigenvalue weighted by Crippen LogP contribution is -2.12. The topological polar surface area (TPSA) is 82.0 Å². The van der Waals surface area contributed by atoms with Gasteiger partial charge in [-0.25, -0.2) is 0 Å². The number of benzene rings is 1. The van der Waals surface area contributed by atoms with Gasteiger partial charge in [-0.1, -0.05) is 0 Å². The molecule has 110 valence electrons.